The molecule has 148 valence electrons. The van der Waals surface area contributed by atoms with Gasteiger partial charge in [-0.3, -0.25) is 5.32 Å². The number of carbonyl (C=O) groups excluding carboxylic acids is 1. The van der Waals surface area contributed by atoms with Gasteiger partial charge in [-0.05, 0) is 55.2 Å². The van der Waals surface area contributed by atoms with Crippen molar-refractivity contribution in [3.8, 4) is 5.88 Å². The smallest absolute Gasteiger partial charge is 0.334 e. The van der Waals surface area contributed by atoms with Crippen LogP contribution in [-0.2, 0) is 42.3 Å². The number of urea groups is 1. The highest BCUT2D eigenvalue weighted by Crippen LogP contribution is 2.36. The summed E-state index contributed by atoms with van der Waals surface area (Å²) in [6.45, 7) is 1.01. The number of nitrogens with one attached hydrogen (secondary N) is 2. The third-order valence-electron chi connectivity index (χ3n) is 5.56. The van der Waals surface area contributed by atoms with Gasteiger partial charge in [0.05, 0.1) is 12.8 Å². The summed E-state index contributed by atoms with van der Waals surface area (Å²) in [6, 6.07) is -0.824. The summed E-state index contributed by atoms with van der Waals surface area (Å²) in [5, 5.41) is 6.69. The molecule has 0 saturated carbocycles. The highest BCUT2D eigenvalue weighted by atomic mass is 32.2. The Morgan fingerprint density at radius 3 is 2.75 bits per heavy atom. The zero-order chi connectivity index (χ0) is 19.3. The summed E-state index contributed by atoms with van der Waals surface area (Å²) in [4.78, 5) is 17.0. The van der Waals surface area contributed by atoms with Crippen molar-refractivity contribution in [3.63, 3.8) is 0 Å². The van der Waals surface area contributed by atoms with Gasteiger partial charge >= 0.3 is 6.03 Å². The minimum Gasteiger partial charge on any atom is -0.477 e. The summed E-state index contributed by atoms with van der Waals surface area (Å²) in [5.41, 5.74) is 4.69. The third kappa shape index (κ3) is 2.83. The number of aryl methyl sites for hydroxylation is 2. The van der Waals surface area contributed by atoms with Crippen LogP contribution in [0.15, 0.2) is 11.1 Å². The lowest BCUT2D eigenvalue weighted by atomic mass is 10.0. The number of hydrogen-bond acceptors (Lipinski definition) is 6. The molecule has 5 rings (SSSR count). The maximum Gasteiger partial charge on any atom is 0.334 e. The molecule has 10 heteroatoms. The molecule has 2 aromatic heterocycles. The van der Waals surface area contributed by atoms with Crippen molar-refractivity contribution in [1.82, 2.24) is 19.5 Å². The molecule has 2 aromatic rings. The van der Waals surface area contributed by atoms with Gasteiger partial charge in [-0.25, -0.2) is 27.6 Å². The van der Waals surface area contributed by atoms with Crippen LogP contribution in [-0.4, -0.2) is 35.8 Å². The monoisotopic (exact) mass is 403 g/mol. The molecule has 3 heterocycles. The molecule has 0 saturated heterocycles. The minimum atomic E-state index is -4.10. The Bertz CT molecular complexity index is 1080. The molecule has 0 atom stereocenters. The fraction of sp³-hybridized carbons (Fsp3) is 0.500. The Kier molecular flexibility index (Phi) is 4.04. The van der Waals surface area contributed by atoms with Crippen molar-refractivity contribution in [2.75, 3.05) is 11.9 Å². The quantitative estimate of drug-likeness (QED) is 0.803. The molecule has 1 aliphatic heterocycles. The van der Waals surface area contributed by atoms with Gasteiger partial charge < -0.3 is 4.74 Å². The average Bonchev–Trinajstić information content (AvgIpc) is 3.39. The number of rotatable bonds is 3. The van der Waals surface area contributed by atoms with E-state index in [0.29, 0.717) is 19.0 Å². The van der Waals surface area contributed by atoms with E-state index in [0.717, 1.165) is 56.2 Å². The van der Waals surface area contributed by atoms with E-state index in [1.807, 2.05) is 0 Å². The number of amides is 2. The molecule has 0 spiro atoms. The minimum absolute atomic E-state index is 0.130. The Morgan fingerprint density at radius 1 is 1.07 bits per heavy atom. The normalized spacial score (nSPS) is 17.4. The molecule has 0 aromatic carbocycles. The molecule has 0 bridgehead atoms. The summed E-state index contributed by atoms with van der Waals surface area (Å²) in [6.07, 6.45) is 7.86. The number of nitrogens with zero attached hydrogens (tertiary/aromatic N) is 3. The Hall–Kier alpha value is -2.62. The maximum absolute atomic E-state index is 12.7. The maximum atomic E-state index is 12.7. The lowest BCUT2D eigenvalue weighted by Crippen LogP contribution is -2.35. The largest absolute Gasteiger partial charge is 0.477 e. The Balaban J connectivity index is 1.39. The van der Waals surface area contributed by atoms with Crippen LogP contribution < -0.4 is 14.8 Å². The number of carbonyl (C=O) groups is 1. The summed E-state index contributed by atoms with van der Waals surface area (Å²) in [5.74, 6) is 0.650. The second-order valence-electron chi connectivity index (χ2n) is 7.35. The molecule has 3 aliphatic rings. The Morgan fingerprint density at radius 2 is 1.86 bits per heavy atom. The second-order valence-corrected chi connectivity index (χ2v) is 9.00. The molecule has 9 nitrogen and oxygen atoms in total. The van der Waals surface area contributed by atoms with Gasteiger partial charge in [-0.2, -0.15) is 5.10 Å². The van der Waals surface area contributed by atoms with Crippen LogP contribution >= 0.6 is 0 Å². The molecule has 28 heavy (non-hydrogen) atoms. The number of ether oxygens (including phenoxy) is 1. The Labute approximate surface area is 162 Å². The summed E-state index contributed by atoms with van der Waals surface area (Å²) in [7, 11) is -4.10. The van der Waals surface area contributed by atoms with E-state index in [4.69, 9.17) is 4.74 Å². The average molecular weight is 403 g/mol. The highest BCUT2D eigenvalue weighted by Gasteiger charge is 2.30. The molecule has 2 N–H and O–H groups in total. The number of hydrogen-bond donors (Lipinski definition) is 2. The van der Waals surface area contributed by atoms with Crippen LogP contribution in [0.2, 0.25) is 0 Å². The number of anilines is 1. The van der Waals surface area contributed by atoms with Gasteiger partial charge in [0.2, 0.25) is 5.88 Å². The number of pyridine rings is 1. The molecular formula is C18H21N5O4S. The van der Waals surface area contributed by atoms with E-state index in [-0.39, 0.29) is 10.8 Å². The summed E-state index contributed by atoms with van der Waals surface area (Å²) < 4.78 is 34.3. The molecular weight excluding hydrogens is 382 g/mol. The lowest BCUT2D eigenvalue weighted by Gasteiger charge is -2.16. The van der Waals surface area contributed by atoms with Crippen molar-refractivity contribution in [1.29, 1.82) is 0 Å². The van der Waals surface area contributed by atoms with Crippen molar-refractivity contribution in [3.05, 3.63) is 28.6 Å². The van der Waals surface area contributed by atoms with Crippen molar-refractivity contribution in [2.24, 2.45) is 0 Å². The highest BCUT2D eigenvalue weighted by molar-refractivity contribution is 7.90. The fourth-order valence-corrected chi connectivity index (χ4v) is 5.34. The number of sulfonamides is 1. The van der Waals surface area contributed by atoms with E-state index >= 15 is 0 Å². The van der Waals surface area contributed by atoms with Gasteiger partial charge in [0, 0.05) is 18.7 Å². The van der Waals surface area contributed by atoms with Gasteiger partial charge in [0.15, 0.2) is 4.90 Å². The molecule has 2 aliphatic carbocycles. The zero-order valence-corrected chi connectivity index (χ0v) is 16.1. The summed E-state index contributed by atoms with van der Waals surface area (Å²) >= 11 is 0. The van der Waals surface area contributed by atoms with Crippen molar-refractivity contribution in [2.45, 2.75) is 56.4 Å². The van der Waals surface area contributed by atoms with Crippen LogP contribution in [0.1, 0.15) is 41.6 Å². The van der Waals surface area contributed by atoms with Gasteiger partial charge in [-0.15, -0.1) is 0 Å². The topological polar surface area (TPSA) is 115 Å². The molecule has 0 fully saturated rings. The molecule has 2 amide bonds. The number of fused-ring (bicyclic) bond motifs is 4. The van der Waals surface area contributed by atoms with Crippen LogP contribution in [0.3, 0.4) is 0 Å². The lowest BCUT2D eigenvalue weighted by molar-refractivity contribution is 0.224. The number of aromatic nitrogens is 3. The zero-order valence-electron chi connectivity index (χ0n) is 15.3. The van der Waals surface area contributed by atoms with Crippen LogP contribution in [0, 0.1) is 0 Å². The van der Waals surface area contributed by atoms with Gasteiger partial charge in [0.25, 0.3) is 10.0 Å². The SMILES string of the molecule is O=C(Nc1nc2c(c3c1CCC3)CCC2)NS(=O)(=O)c1cnn2c1OCCC2. The van der Waals surface area contributed by atoms with E-state index in [9.17, 15) is 13.2 Å². The van der Waals surface area contributed by atoms with Crippen molar-refractivity contribution < 1.29 is 17.9 Å². The first-order valence-electron chi connectivity index (χ1n) is 9.59. The van der Waals surface area contributed by atoms with Gasteiger partial charge in [-0.1, -0.05) is 0 Å². The molecule has 0 radical (unpaired) electrons. The first-order valence-corrected chi connectivity index (χ1v) is 11.1. The second kappa shape index (κ2) is 6.47. The fourth-order valence-electron chi connectivity index (χ4n) is 4.36. The van der Waals surface area contributed by atoms with Crippen LogP contribution in [0.5, 0.6) is 5.88 Å². The third-order valence-corrected chi connectivity index (χ3v) is 6.88. The van der Waals surface area contributed by atoms with Crippen LogP contribution in [0.25, 0.3) is 0 Å². The predicted octanol–water partition coefficient (Wildman–Crippen LogP) is 1.55. The van der Waals surface area contributed by atoms with E-state index in [2.05, 4.69) is 20.1 Å². The standard InChI is InChI=1S/C18H21N5O4S/c24-18(22-28(25,26)15-10-19-23-8-3-9-27-17(15)23)21-16-13-6-1-4-11(13)12-5-2-7-14(12)20-16/h10H,1-9H2,(H2,20,21,22,24). The first kappa shape index (κ1) is 17.5. The van der Waals surface area contributed by atoms with E-state index in [1.165, 1.54) is 22.0 Å². The van der Waals surface area contributed by atoms with Crippen LogP contribution in [0.4, 0.5) is 10.6 Å². The molecule has 0 unspecified atom stereocenters. The van der Waals surface area contributed by atoms with E-state index < -0.39 is 16.1 Å². The first-order chi connectivity index (χ1) is 13.5. The van der Waals surface area contributed by atoms with Gasteiger partial charge in [0.1, 0.15) is 5.82 Å². The predicted molar refractivity (Wildman–Crippen MR) is 100.0 cm³/mol. The van der Waals surface area contributed by atoms with E-state index in [1.54, 1.807) is 0 Å². The van der Waals surface area contributed by atoms with Crippen molar-refractivity contribution >= 4 is 21.9 Å².